The van der Waals surface area contributed by atoms with Crippen molar-refractivity contribution in [2.45, 2.75) is 25.3 Å². The third kappa shape index (κ3) is 2.50. The number of amides is 1. The number of hydrogen-bond donors (Lipinski definition) is 1. The summed E-state index contributed by atoms with van der Waals surface area (Å²) in [5, 5.41) is 7.13. The fraction of sp³-hybridized carbons (Fsp3) is 0.600. The number of rotatable bonds is 2. The van der Waals surface area contributed by atoms with E-state index in [-0.39, 0.29) is 30.2 Å². The minimum absolute atomic E-state index is 0. The Hall–Kier alpha value is -0.740. The fourth-order valence-corrected chi connectivity index (χ4v) is 2.17. The molecule has 0 saturated carbocycles. The van der Waals surface area contributed by atoms with Crippen molar-refractivity contribution >= 4 is 29.9 Å². The Bertz CT molecular complexity index is 378. The van der Waals surface area contributed by atoms with E-state index in [0.717, 1.165) is 24.8 Å². The Morgan fingerprint density at radius 3 is 3.19 bits per heavy atom. The quantitative estimate of drug-likeness (QED) is 0.824. The lowest BCUT2D eigenvalue weighted by molar-refractivity contribution is -0.119. The van der Waals surface area contributed by atoms with Gasteiger partial charge in [-0.05, 0) is 19.3 Å². The van der Waals surface area contributed by atoms with E-state index >= 15 is 0 Å². The van der Waals surface area contributed by atoms with Crippen LogP contribution in [-0.4, -0.2) is 21.6 Å². The van der Waals surface area contributed by atoms with E-state index in [0.29, 0.717) is 0 Å². The van der Waals surface area contributed by atoms with Gasteiger partial charge < -0.3 is 5.32 Å². The van der Waals surface area contributed by atoms with Crippen LogP contribution in [0.25, 0.3) is 0 Å². The van der Waals surface area contributed by atoms with Gasteiger partial charge in [0.2, 0.25) is 5.91 Å². The molecule has 0 fully saturated rings. The predicted molar refractivity (Wildman–Crippen MR) is 65.0 cm³/mol. The standard InChI is InChI=1S/C10H14ClN3O.ClH/c1-14-9-4-2-3-8(7(9)6-12-14)13-10(15)5-11;/h6,8H,2-5H2,1H3,(H,13,15);1H. The summed E-state index contributed by atoms with van der Waals surface area (Å²) >= 11 is 5.47. The first-order valence-electron chi connectivity index (χ1n) is 5.08. The van der Waals surface area contributed by atoms with Gasteiger partial charge in [-0.3, -0.25) is 9.48 Å². The zero-order chi connectivity index (χ0) is 10.8. The third-order valence-corrected chi connectivity index (χ3v) is 3.07. The summed E-state index contributed by atoms with van der Waals surface area (Å²) in [5.41, 5.74) is 2.36. The average Bonchev–Trinajstić information content (AvgIpc) is 2.62. The highest BCUT2D eigenvalue weighted by atomic mass is 35.5. The average molecular weight is 264 g/mol. The second-order valence-electron chi connectivity index (χ2n) is 3.82. The SMILES string of the molecule is Cl.Cn1ncc2c1CCCC2NC(=O)CCl. The van der Waals surface area contributed by atoms with Crippen molar-refractivity contribution in [3.8, 4) is 0 Å². The Morgan fingerprint density at radius 1 is 1.75 bits per heavy atom. The normalized spacial score (nSPS) is 18.5. The first-order chi connectivity index (χ1) is 7.22. The molecule has 1 aliphatic rings. The summed E-state index contributed by atoms with van der Waals surface area (Å²) in [6.45, 7) is 0. The number of halogens is 2. The summed E-state index contributed by atoms with van der Waals surface area (Å²) < 4.78 is 1.88. The van der Waals surface area contributed by atoms with E-state index in [4.69, 9.17) is 11.6 Å². The van der Waals surface area contributed by atoms with Crippen LogP contribution in [0.2, 0.25) is 0 Å². The van der Waals surface area contributed by atoms with Crippen molar-refractivity contribution in [1.82, 2.24) is 15.1 Å². The highest BCUT2D eigenvalue weighted by Gasteiger charge is 2.24. The number of fused-ring (bicyclic) bond motifs is 1. The largest absolute Gasteiger partial charge is 0.348 e. The second-order valence-corrected chi connectivity index (χ2v) is 4.08. The molecular formula is C10H15Cl2N3O. The number of nitrogens with one attached hydrogen (secondary N) is 1. The van der Waals surface area contributed by atoms with Crippen LogP contribution < -0.4 is 5.32 Å². The molecule has 1 amide bonds. The van der Waals surface area contributed by atoms with Crippen molar-refractivity contribution in [2.24, 2.45) is 7.05 Å². The molecule has 4 nitrogen and oxygen atoms in total. The number of hydrogen-bond acceptors (Lipinski definition) is 2. The molecule has 0 spiro atoms. The zero-order valence-electron chi connectivity index (χ0n) is 9.07. The monoisotopic (exact) mass is 263 g/mol. The first-order valence-corrected chi connectivity index (χ1v) is 5.62. The van der Waals surface area contributed by atoms with Crippen LogP contribution in [0.5, 0.6) is 0 Å². The highest BCUT2D eigenvalue weighted by Crippen LogP contribution is 2.28. The third-order valence-electron chi connectivity index (χ3n) is 2.83. The first kappa shape index (κ1) is 13.3. The molecule has 0 bridgehead atoms. The van der Waals surface area contributed by atoms with Crippen LogP contribution in [0, 0.1) is 0 Å². The predicted octanol–water partition coefficient (Wildman–Crippen LogP) is 1.57. The Balaban J connectivity index is 0.00000128. The zero-order valence-corrected chi connectivity index (χ0v) is 10.6. The molecule has 1 aromatic rings. The maximum absolute atomic E-state index is 11.2. The van der Waals surface area contributed by atoms with E-state index < -0.39 is 0 Å². The molecular weight excluding hydrogens is 249 g/mol. The van der Waals surface area contributed by atoms with Crippen molar-refractivity contribution in [2.75, 3.05) is 5.88 Å². The number of carbonyl (C=O) groups excluding carboxylic acids is 1. The Morgan fingerprint density at radius 2 is 2.50 bits per heavy atom. The van der Waals surface area contributed by atoms with E-state index in [1.54, 1.807) is 0 Å². The molecule has 0 aliphatic heterocycles. The van der Waals surface area contributed by atoms with Crippen molar-refractivity contribution in [1.29, 1.82) is 0 Å². The summed E-state index contributed by atoms with van der Waals surface area (Å²) in [5.74, 6) is -0.0927. The molecule has 1 aliphatic carbocycles. The van der Waals surface area contributed by atoms with Crippen molar-refractivity contribution in [3.05, 3.63) is 17.5 Å². The summed E-state index contributed by atoms with van der Waals surface area (Å²) in [4.78, 5) is 11.2. The van der Waals surface area contributed by atoms with Crippen LogP contribution >= 0.6 is 24.0 Å². The van der Waals surface area contributed by atoms with Gasteiger partial charge in [-0.2, -0.15) is 5.10 Å². The molecule has 2 rings (SSSR count). The minimum atomic E-state index is -0.113. The summed E-state index contributed by atoms with van der Waals surface area (Å²) in [6.07, 6.45) is 4.94. The fourth-order valence-electron chi connectivity index (χ4n) is 2.09. The molecule has 1 unspecified atom stereocenters. The van der Waals surface area contributed by atoms with Gasteiger partial charge in [-0.25, -0.2) is 0 Å². The molecule has 0 saturated heterocycles. The van der Waals surface area contributed by atoms with Crippen LogP contribution in [-0.2, 0) is 18.3 Å². The molecule has 16 heavy (non-hydrogen) atoms. The van der Waals surface area contributed by atoms with E-state index in [2.05, 4.69) is 10.4 Å². The molecule has 6 heteroatoms. The molecule has 0 radical (unpaired) electrons. The number of nitrogens with zero attached hydrogens (tertiary/aromatic N) is 2. The maximum Gasteiger partial charge on any atom is 0.235 e. The second kappa shape index (κ2) is 5.55. The van der Waals surface area contributed by atoms with Gasteiger partial charge in [-0.15, -0.1) is 24.0 Å². The molecule has 1 aromatic heterocycles. The van der Waals surface area contributed by atoms with Gasteiger partial charge in [-0.1, -0.05) is 0 Å². The number of carbonyl (C=O) groups is 1. The minimum Gasteiger partial charge on any atom is -0.348 e. The molecule has 90 valence electrons. The van der Waals surface area contributed by atoms with Crippen molar-refractivity contribution < 1.29 is 4.79 Å². The van der Waals surface area contributed by atoms with Gasteiger partial charge in [0.25, 0.3) is 0 Å². The van der Waals surface area contributed by atoms with E-state index in [9.17, 15) is 4.79 Å². The van der Waals surface area contributed by atoms with Crippen LogP contribution in [0.15, 0.2) is 6.20 Å². The number of aromatic nitrogens is 2. The van der Waals surface area contributed by atoms with E-state index in [1.807, 2.05) is 17.9 Å². The van der Waals surface area contributed by atoms with Gasteiger partial charge in [0, 0.05) is 18.3 Å². The maximum atomic E-state index is 11.2. The molecule has 0 aromatic carbocycles. The van der Waals surface area contributed by atoms with Gasteiger partial charge in [0.1, 0.15) is 5.88 Å². The highest BCUT2D eigenvalue weighted by molar-refractivity contribution is 6.27. The smallest absolute Gasteiger partial charge is 0.235 e. The Labute approximate surface area is 106 Å². The van der Waals surface area contributed by atoms with Crippen molar-refractivity contribution in [3.63, 3.8) is 0 Å². The van der Waals surface area contributed by atoms with Gasteiger partial charge >= 0.3 is 0 Å². The lowest BCUT2D eigenvalue weighted by Gasteiger charge is -2.23. The van der Waals surface area contributed by atoms with E-state index in [1.165, 1.54) is 5.69 Å². The van der Waals surface area contributed by atoms with Crippen LogP contribution in [0.3, 0.4) is 0 Å². The number of aryl methyl sites for hydroxylation is 1. The van der Waals surface area contributed by atoms with Gasteiger partial charge in [0.15, 0.2) is 0 Å². The van der Waals surface area contributed by atoms with Gasteiger partial charge in [0.05, 0.1) is 12.2 Å². The number of alkyl halides is 1. The molecule has 1 atom stereocenters. The van der Waals surface area contributed by atoms with Crippen LogP contribution in [0.1, 0.15) is 30.1 Å². The summed E-state index contributed by atoms with van der Waals surface area (Å²) in [6, 6.07) is 0.0914. The molecule has 1 heterocycles. The lowest BCUT2D eigenvalue weighted by atomic mass is 9.93. The Kier molecular flexibility index (Phi) is 4.62. The molecule has 1 N–H and O–H groups in total. The summed E-state index contributed by atoms with van der Waals surface area (Å²) in [7, 11) is 1.94. The lowest BCUT2D eigenvalue weighted by Crippen LogP contribution is -2.31. The topological polar surface area (TPSA) is 46.9 Å². The van der Waals surface area contributed by atoms with Crippen LogP contribution in [0.4, 0.5) is 0 Å².